The first-order chi connectivity index (χ1) is 30.7. The highest BCUT2D eigenvalue weighted by Crippen LogP contribution is 2.59. The summed E-state index contributed by atoms with van der Waals surface area (Å²) in [6, 6.07) is 75.4. The quantitative estimate of drug-likeness (QED) is 0.168. The van der Waals surface area contributed by atoms with Gasteiger partial charge in [0.2, 0.25) is 0 Å². The third kappa shape index (κ3) is 6.09. The Morgan fingerprint density at radius 1 is 0.323 bits per heavy atom. The minimum atomic E-state index is 0.0499. The van der Waals surface area contributed by atoms with Crippen LogP contribution in [0.1, 0.15) is 43.2 Å². The summed E-state index contributed by atoms with van der Waals surface area (Å²) >= 11 is 0. The molecule has 294 valence electrons. The number of hydrogen-bond acceptors (Lipinski definition) is 2. The van der Waals surface area contributed by atoms with Crippen molar-refractivity contribution in [1.82, 2.24) is 9.97 Å². The van der Waals surface area contributed by atoms with E-state index >= 15 is 0 Å². The topological polar surface area (TPSA) is 25.8 Å². The third-order valence-electron chi connectivity index (χ3n) is 13.7. The van der Waals surface area contributed by atoms with E-state index in [0.717, 1.165) is 28.1 Å². The van der Waals surface area contributed by atoms with Crippen molar-refractivity contribution in [3.05, 3.63) is 217 Å². The number of aromatic nitrogens is 2. The number of rotatable bonds is 6. The number of nitrogens with zero attached hydrogens (tertiary/aromatic N) is 2. The van der Waals surface area contributed by atoms with Crippen molar-refractivity contribution in [2.45, 2.75) is 37.5 Å². The molecule has 0 saturated heterocycles. The van der Waals surface area contributed by atoms with Gasteiger partial charge < -0.3 is 0 Å². The summed E-state index contributed by atoms with van der Waals surface area (Å²) in [5, 5.41) is 5.18. The predicted octanol–water partition coefficient (Wildman–Crippen LogP) is 16.0. The van der Waals surface area contributed by atoms with Gasteiger partial charge in [0, 0.05) is 22.1 Å². The molecule has 1 spiro atoms. The van der Waals surface area contributed by atoms with E-state index in [1.165, 1.54) is 109 Å². The Hall–Kier alpha value is -7.42. The second kappa shape index (κ2) is 14.9. The second-order valence-corrected chi connectivity index (χ2v) is 17.2. The molecule has 1 fully saturated rings. The van der Waals surface area contributed by atoms with E-state index in [4.69, 9.17) is 9.97 Å². The summed E-state index contributed by atoms with van der Waals surface area (Å²) in [4.78, 5) is 10.3. The largest absolute Gasteiger partial charge is 0.228 e. The van der Waals surface area contributed by atoms with Crippen LogP contribution in [0.3, 0.4) is 0 Å². The van der Waals surface area contributed by atoms with Crippen LogP contribution in [0.2, 0.25) is 0 Å². The fourth-order valence-electron chi connectivity index (χ4n) is 10.7. The van der Waals surface area contributed by atoms with E-state index in [1.54, 1.807) is 0 Å². The Morgan fingerprint density at radius 3 is 1.58 bits per heavy atom. The van der Waals surface area contributed by atoms with E-state index < -0.39 is 0 Å². The molecule has 0 amide bonds. The van der Waals surface area contributed by atoms with Crippen LogP contribution in [0.15, 0.2) is 206 Å². The zero-order chi connectivity index (χ0) is 41.0. The molecule has 1 heterocycles. The molecule has 0 aliphatic heterocycles. The van der Waals surface area contributed by atoms with Crippen LogP contribution in [-0.4, -0.2) is 9.97 Å². The zero-order valence-electron chi connectivity index (χ0n) is 34.6. The Morgan fingerprint density at radius 2 is 0.887 bits per heavy atom. The second-order valence-electron chi connectivity index (χ2n) is 17.2. The van der Waals surface area contributed by atoms with Gasteiger partial charge in [-0.3, -0.25) is 0 Å². The van der Waals surface area contributed by atoms with Gasteiger partial charge in [0.05, 0.1) is 11.4 Å². The molecule has 12 rings (SSSR count). The number of fused-ring (bicyclic) bond motifs is 7. The summed E-state index contributed by atoms with van der Waals surface area (Å²) in [5.41, 5.74) is 18.2. The smallest absolute Gasteiger partial charge is 0.160 e. The Labute approximate surface area is 363 Å². The van der Waals surface area contributed by atoms with E-state index in [9.17, 15) is 0 Å². The molecule has 0 bridgehead atoms. The van der Waals surface area contributed by atoms with E-state index in [0.29, 0.717) is 5.82 Å². The van der Waals surface area contributed by atoms with Crippen LogP contribution in [0.5, 0.6) is 0 Å². The summed E-state index contributed by atoms with van der Waals surface area (Å²) in [5.74, 6) is 0.716. The van der Waals surface area contributed by atoms with Crippen molar-refractivity contribution in [2.75, 3.05) is 0 Å². The van der Waals surface area contributed by atoms with Gasteiger partial charge in [-0.15, -0.1) is 0 Å². The van der Waals surface area contributed by atoms with E-state index in [1.807, 2.05) is 18.2 Å². The molecule has 2 aliphatic rings. The van der Waals surface area contributed by atoms with Crippen LogP contribution >= 0.6 is 0 Å². The van der Waals surface area contributed by atoms with Crippen molar-refractivity contribution in [3.8, 4) is 78.4 Å². The molecule has 1 saturated carbocycles. The summed E-state index contributed by atoms with van der Waals surface area (Å²) in [6.45, 7) is 0. The highest BCUT2D eigenvalue weighted by Gasteiger charge is 2.45. The van der Waals surface area contributed by atoms with Crippen LogP contribution < -0.4 is 0 Å². The van der Waals surface area contributed by atoms with Crippen molar-refractivity contribution in [3.63, 3.8) is 0 Å². The van der Waals surface area contributed by atoms with Gasteiger partial charge >= 0.3 is 0 Å². The zero-order valence-corrected chi connectivity index (χ0v) is 34.6. The minimum Gasteiger partial charge on any atom is -0.228 e. The van der Waals surface area contributed by atoms with Crippen molar-refractivity contribution >= 4 is 21.5 Å². The minimum absolute atomic E-state index is 0.0499. The van der Waals surface area contributed by atoms with Crippen LogP contribution in [0.25, 0.3) is 100.0 Å². The van der Waals surface area contributed by atoms with Gasteiger partial charge in [0.1, 0.15) is 0 Å². The molecule has 0 N–H and O–H groups in total. The van der Waals surface area contributed by atoms with E-state index in [2.05, 4.69) is 188 Å². The Balaban J connectivity index is 0.997. The normalized spacial score (nSPS) is 13.9. The molecule has 0 atom stereocenters. The van der Waals surface area contributed by atoms with Gasteiger partial charge in [-0.25, -0.2) is 9.97 Å². The van der Waals surface area contributed by atoms with Crippen molar-refractivity contribution in [1.29, 1.82) is 0 Å². The Bertz CT molecular complexity index is 3290. The molecular weight excluding hydrogens is 749 g/mol. The average molecular weight is 793 g/mol. The first-order valence-corrected chi connectivity index (χ1v) is 22.1. The standard InChI is InChI=1S/C60H44N2/c1-4-15-40(16-5-1)41-25-29-44(30-26-41)55-39-56(62-59(61-55)46-18-6-2-7-19-46)45-31-27-43(28-32-45)50-34-33-42-17-10-11-22-49(42)57(50)51-23-14-24-53-58(51)52-37-47-20-8-9-21-48(47)38-54(52)60(53)35-12-3-13-36-60/h1-2,4-11,14-34,37-39H,3,12-13,35-36H2. The van der Waals surface area contributed by atoms with Gasteiger partial charge in [0.25, 0.3) is 0 Å². The average Bonchev–Trinajstić information content (AvgIpc) is 3.60. The van der Waals surface area contributed by atoms with Crippen LogP contribution in [0, 0.1) is 0 Å². The number of hydrogen-bond donors (Lipinski definition) is 0. The molecule has 0 radical (unpaired) electrons. The molecule has 10 aromatic rings. The lowest BCUT2D eigenvalue weighted by Gasteiger charge is -2.36. The molecule has 62 heavy (non-hydrogen) atoms. The molecule has 2 nitrogen and oxygen atoms in total. The first-order valence-electron chi connectivity index (χ1n) is 22.1. The highest BCUT2D eigenvalue weighted by molar-refractivity contribution is 6.09. The lowest BCUT2D eigenvalue weighted by Crippen LogP contribution is -2.28. The lowest BCUT2D eigenvalue weighted by atomic mass is 9.67. The third-order valence-corrected chi connectivity index (χ3v) is 13.7. The summed E-state index contributed by atoms with van der Waals surface area (Å²) in [7, 11) is 0. The summed E-state index contributed by atoms with van der Waals surface area (Å²) in [6.07, 6.45) is 6.25. The molecule has 2 heteroatoms. The van der Waals surface area contributed by atoms with Crippen molar-refractivity contribution < 1.29 is 0 Å². The predicted molar refractivity (Wildman–Crippen MR) is 259 cm³/mol. The van der Waals surface area contributed by atoms with Gasteiger partial charge in [0.15, 0.2) is 5.82 Å². The SMILES string of the molecule is c1ccc(-c2ccc(-c3cc(-c4ccc(-c5ccc6ccccc6c5-c5cccc6c5-c5cc7ccccc7cc5C65CCCCC5)cc4)nc(-c4ccccc4)n3)cc2)cc1. The van der Waals surface area contributed by atoms with E-state index in [-0.39, 0.29) is 5.41 Å². The fraction of sp³-hybridized carbons (Fsp3) is 0.100. The maximum absolute atomic E-state index is 5.19. The molecule has 9 aromatic carbocycles. The van der Waals surface area contributed by atoms with Crippen LogP contribution in [0.4, 0.5) is 0 Å². The molecular formula is C60H44N2. The highest BCUT2D eigenvalue weighted by atomic mass is 14.9. The van der Waals surface area contributed by atoms with Gasteiger partial charge in [-0.1, -0.05) is 207 Å². The maximum Gasteiger partial charge on any atom is 0.160 e. The maximum atomic E-state index is 5.19. The van der Waals surface area contributed by atoms with Gasteiger partial charge in [-0.2, -0.15) is 0 Å². The fourth-order valence-corrected chi connectivity index (χ4v) is 10.7. The Kier molecular flexibility index (Phi) is 8.78. The number of benzene rings is 9. The van der Waals surface area contributed by atoms with Crippen LogP contribution in [-0.2, 0) is 5.41 Å². The first kappa shape index (κ1) is 36.4. The monoisotopic (exact) mass is 792 g/mol. The lowest BCUT2D eigenvalue weighted by molar-refractivity contribution is 0.353. The van der Waals surface area contributed by atoms with Gasteiger partial charge in [-0.05, 0) is 108 Å². The molecule has 1 aromatic heterocycles. The molecule has 0 unspecified atom stereocenters. The van der Waals surface area contributed by atoms with Crippen molar-refractivity contribution in [2.24, 2.45) is 0 Å². The molecule has 2 aliphatic carbocycles. The summed E-state index contributed by atoms with van der Waals surface area (Å²) < 4.78 is 0.